The van der Waals surface area contributed by atoms with Crippen LogP contribution < -0.4 is 10.1 Å². The molecule has 1 N–H and O–H groups in total. The summed E-state index contributed by atoms with van der Waals surface area (Å²) in [5, 5.41) is 3.13. The van der Waals surface area contributed by atoms with Gasteiger partial charge in [0.2, 0.25) is 11.8 Å². The Balaban J connectivity index is 2.35. The molecule has 5 heteroatoms. The maximum atomic E-state index is 5.48. The summed E-state index contributed by atoms with van der Waals surface area (Å²) in [7, 11) is 0. The lowest BCUT2D eigenvalue weighted by atomic mass is 10.5. The molecule has 17 heavy (non-hydrogen) atoms. The van der Waals surface area contributed by atoms with Crippen molar-refractivity contribution in [3.63, 3.8) is 0 Å². The molecular formula is C12H17N3OS. The van der Waals surface area contributed by atoms with E-state index in [1.54, 1.807) is 24.0 Å². The summed E-state index contributed by atoms with van der Waals surface area (Å²) in [5.41, 5.74) is 0. The van der Waals surface area contributed by atoms with Gasteiger partial charge in [-0.3, -0.25) is 0 Å². The molecule has 4 nitrogen and oxygen atoms in total. The van der Waals surface area contributed by atoms with Crippen molar-refractivity contribution >= 4 is 17.7 Å². The molecule has 0 bridgehead atoms. The summed E-state index contributed by atoms with van der Waals surface area (Å²) in [6.07, 6.45) is 6.95. The highest BCUT2D eigenvalue weighted by Gasteiger charge is 2.01. The minimum absolute atomic E-state index is 0.115. The number of thioether (sulfide) groups is 1. The van der Waals surface area contributed by atoms with Crippen LogP contribution in [-0.4, -0.2) is 34.1 Å². The molecule has 0 aromatic carbocycles. The van der Waals surface area contributed by atoms with E-state index >= 15 is 0 Å². The zero-order valence-corrected chi connectivity index (χ0v) is 11.0. The number of anilines is 1. The summed E-state index contributed by atoms with van der Waals surface area (Å²) < 4.78 is 5.48. The predicted molar refractivity (Wildman–Crippen MR) is 72.4 cm³/mol. The lowest BCUT2D eigenvalue weighted by Crippen LogP contribution is -2.10. The average molecular weight is 251 g/mol. The molecule has 92 valence electrons. The Morgan fingerprint density at radius 2 is 2.41 bits per heavy atom. The molecule has 0 aliphatic heterocycles. The molecule has 1 heterocycles. The SMILES string of the molecule is C#CCSCCNc1nccc(OC(C)C)n1. The quantitative estimate of drug-likeness (QED) is 0.593. The second-order valence-electron chi connectivity index (χ2n) is 3.57. The number of ether oxygens (including phenoxy) is 1. The number of hydrogen-bond donors (Lipinski definition) is 1. The number of rotatable bonds is 7. The summed E-state index contributed by atoms with van der Waals surface area (Å²) >= 11 is 1.70. The van der Waals surface area contributed by atoms with Crippen LogP contribution in [-0.2, 0) is 0 Å². The molecule has 0 spiro atoms. The molecule has 0 atom stereocenters. The molecule has 0 saturated heterocycles. The van der Waals surface area contributed by atoms with Gasteiger partial charge in [-0.1, -0.05) is 5.92 Å². The number of nitrogens with one attached hydrogen (secondary N) is 1. The van der Waals surface area contributed by atoms with Crippen LogP contribution in [0.2, 0.25) is 0 Å². The van der Waals surface area contributed by atoms with Gasteiger partial charge in [0.05, 0.1) is 11.9 Å². The fraction of sp³-hybridized carbons (Fsp3) is 0.500. The molecule has 0 aliphatic carbocycles. The third kappa shape index (κ3) is 6.03. The van der Waals surface area contributed by atoms with E-state index in [0.717, 1.165) is 18.1 Å². The van der Waals surface area contributed by atoms with Crippen LogP contribution in [0.4, 0.5) is 5.95 Å². The van der Waals surface area contributed by atoms with Crippen molar-refractivity contribution < 1.29 is 4.74 Å². The maximum Gasteiger partial charge on any atom is 0.225 e. The van der Waals surface area contributed by atoms with Crippen molar-refractivity contribution in [1.82, 2.24) is 9.97 Å². The normalized spacial score (nSPS) is 10.0. The highest BCUT2D eigenvalue weighted by Crippen LogP contribution is 2.10. The molecule has 1 rings (SSSR count). The molecule has 0 unspecified atom stereocenters. The summed E-state index contributed by atoms with van der Waals surface area (Å²) in [5.74, 6) is 5.43. The Labute approximate surface area is 107 Å². The highest BCUT2D eigenvalue weighted by molar-refractivity contribution is 7.99. The summed E-state index contributed by atoms with van der Waals surface area (Å²) in [6.45, 7) is 4.72. The molecule has 0 aliphatic rings. The van der Waals surface area contributed by atoms with E-state index in [9.17, 15) is 0 Å². The van der Waals surface area contributed by atoms with Crippen LogP contribution in [0.5, 0.6) is 5.88 Å². The maximum absolute atomic E-state index is 5.48. The van der Waals surface area contributed by atoms with Gasteiger partial charge in [-0.15, -0.1) is 18.2 Å². The third-order valence-electron chi connectivity index (χ3n) is 1.70. The molecule has 1 aromatic heterocycles. The van der Waals surface area contributed by atoms with Crippen molar-refractivity contribution in [1.29, 1.82) is 0 Å². The molecule has 1 aromatic rings. The van der Waals surface area contributed by atoms with Crippen LogP contribution in [0.25, 0.3) is 0 Å². The minimum atomic E-state index is 0.115. The lowest BCUT2D eigenvalue weighted by Gasteiger charge is -2.09. The van der Waals surface area contributed by atoms with Crippen LogP contribution in [0.1, 0.15) is 13.8 Å². The second kappa shape index (κ2) is 7.80. The van der Waals surface area contributed by atoms with Crippen molar-refractivity contribution in [2.45, 2.75) is 20.0 Å². The monoisotopic (exact) mass is 251 g/mol. The van der Waals surface area contributed by atoms with Gasteiger partial charge < -0.3 is 10.1 Å². The largest absolute Gasteiger partial charge is 0.475 e. The van der Waals surface area contributed by atoms with Gasteiger partial charge in [0.1, 0.15) is 0 Å². The first-order chi connectivity index (χ1) is 8.22. The van der Waals surface area contributed by atoms with Gasteiger partial charge in [-0.25, -0.2) is 4.98 Å². The first-order valence-electron chi connectivity index (χ1n) is 5.47. The smallest absolute Gasteiger partial charge is 0.225 e. The van der Waals surface area contributed by atoms with Crippen LogP contribution in [0, 0.1) is 12.3 Å². The molecule has 0 fully saturated rings. The van der Waals surface area contributed by atoms with E-state index in [2.05, 4.69) is 21.2 Å². The van der Waals surface area contributed by atoms with E-state index < -0.39 is 0 Å². The van der Waals surface area contributed by atoms with Crippen molar-refractivity contribution in [2.75, 3.05) is 23.4 Å². The fourth-order valence-corrected chi connectivity index (χ4v) is 1.61. The van der Waals surface area contributed by atoms with Gasteiger partial charge in [0.25, 0.3) is 0 Å². The highest BCUT2D eigenvalue weighted by atomic mass is 32.2. The standard InChI is InChI=1S/C12H17N3OS/c1-4-8-17-9-7-14-12-13-6-5-11(15-12)16-10(2)3/h1,5-6,10H,7-9H2,2-3H3,(H,13,14,15). The van der Waals surface area contributed by atoms with E-state index in [-0.39, 0.29) is 6.10 Å². The summed E-state index contributed by atoms with van der Waals surface area (Å²) in [6, 6.07) is 1.75. The van der Waals surface area contributed by atoms with Crippen molar-refractivity contribution in [3.05, 3.63) is 12.3 Å². The van der Waals surface area contributed by atoms with Crippen molar-refractivity contribution in [2.24, 2.45) is 0 Å². The van der Waals surface area contributed by atoms with E-state index in [0.29, 0.717) is 11.8 Å². The van der Waals surface area contributed by atoms with Gasteiger partial charge in [0, 0.05) is 24.6 Å². The molecular weight excluding hydrogens is 234 g/mol. The number of nitrogens with zero attached hydrogens (tertiary/aromatic N) is 2. The van der Waals surface area contributed by atoms with Crippen LogP contribution >= 0.6 is 11.8 Å². The topological polar surface area (TPSA) is 47.0 Å². The number of terminal acetylenes is 1. The Morgan fingerprint density at radius 1 is 1.59 bits per heavy atom. The van der Waals surface area contributed by atoms with Gasteiger partial charge in [-0.05, 0) is 13.8 Å². The average Bonchev–Trinajstić information content (AvgIpc) is 2.28. The fourth-order valence-electron chi connectivity index (χ4n) is 1.10. The molecule has 0 amide bonds. The Kier molecular flexibility index (Phi) is 6.26. The number of aromatic nitrogens is 2. The molecule has 0 radical (unpaired) electrons. The summed E-state index contributed by atoms with van der Waals surface area (Å²) in [4.78, 5) is 8.35. The third-order valence-corrected chi connectivity index (χ3v) is 2.56. The van der Waals surface area contributed by atoms with Gasteiger partial charge in [-0.2, -0.15) is 4.98 Å². The van der Waals surface area contributed by atoms with Crippen LogP contribution in [0.3, 0.4) is 0 Å². The second-order valence-corrected chi connectivity index (χ2v) is 4.67. The first-order valence-corrected chi connectivity index (χ1v) is 6.62. The Hall–Kier alpha value is -1.41. The van der Waals surface area contributed by atoms with E-state index in [4.69, 9.17) is 11.2 Å². The predicted octanol–water partition coefficient (Wildman–Crippen LogP) is 2.04. The Morgan fingerprint density at radius 3 is 3.12 bits per heavy atom. The lowest BCUT2D eigenvalue weighted by molar-refractivity contribution is 0.232. The van der Waals surface area contributed by atoms with Gasteiger partial charge >= 0.3 is 0 Å². The van der Waals surface area contributed by atoms with Crippen LogP contribution in [0.15, 0.2) is 12.3 Å². The zero-order chi connectivity index (χ0) is 12.5. The van der Waals surface area contributed by atoms with Crippen molar-refractivity contribution in [3.8, 4) is 18.2 Å². The van der Waals surface area contributed by atoms with E-state index in [1.807, 2.05) is 13.8 Å². The first kappa shape index (κ1) is 13.7. The van der Waals surface area contributed by atoms with Gasteiger partial charge in [0.15, 0.2) is 0 Å². The minimum Gasteiger partial charge on any atom is -0.475 e. The zero-order valence-electron chi connectivity index (χ0n) is 10.1. The Bertz CT molecular complexity index is 376. The number of hydrogen-bond acceptors (Lipinski definition) is 5. The molecule has 0 saturated carbocycles. The van der Waals surface area contributed by atoms with E-state index in [1.165, 1.54) is 0 Å².